The smallest absolute Gasteiger partial charge is 0.121 e. The van der Waals surface area contributed by atoms with E-state index in [0.717, 1.165) is 5.56 Å². The molecular weight excluding hydrogens is 232 g/mol. The number of benzene rings is 2. The Morgan fingerprint density at radius 3 is 2.53 bits per heavy atom. The van der Waals surface area contributed by atoms with Gasteiger partial charge in [0, 0.05) is 6.04 Å². The summed E-state index contributed by atoms with van der Waals surface area (Å²) in [4.78, 5) is 0. The number of nitriles is 1. The molecular formula is C17H18N2. The molecule has 96 valence electrons. The van der Waals surface area contributed by atoms with Gasteiger partial charge in [0.1, 0.15) is 6.04 Å². The first-order valence-corrected chi connectivity index (χ1v) is 7.01. The van der Waals surface area contributed by atoms with E-state index in [4.69, 9.17) is 0 Å². The summed E-state index contributed by atoms with van der Waals surface area (Å²) < 4.78 is 0. The van der Waals surface area contributed by atoms with Crippen molar-refractivity contribution >= 4 is 10.8 Å². The molecule has 0 saturated heterocycles. The molecule has 1 N–H and O–H groups in total. The third-order valence-electron chi connectivity index (χ3n) is 3.99. The van der Waals surface area contributed by atoms with Crippen LogP contribution in [-0.4, -0.2) is 6.04 Å². The van der Waals surface area contributed by atoms with Gasteiger partial charge in [-0.2, -0.15) is 5.26 Å². The molecule has 2 heteroatoms. The highest BCUT2D eigenvalue weighted by atomic mass is 15.0. The van der Waals surface area contributed by atoms with E-state index >= 15 is 0 Å². The molecule has 2 aromatic carbocycles. The second-order valence-electron chi connectivity index (χ2n) is 5.32. The van der Waals surface area contributed by atoms with E-state index < -0.39 is 0 Å². The lowest BCUT2D eigenvalue weighted by atomic mass is 10.0. The maximum Gasteiger partial charge on any atom is 0.121 e. The average Bonchev–Trinajstić information content (AvgIpc) is 2.97. The molecule has 0 aromatic heterocycles. The maximum absolute atomic E-state index is 9.40. The van der Waals surface area contributed by atoms with Crippen molar-refractivity contribution in [2.24, 2.45) is 0 Å². The van der Waals surface area contributed by atoms with Crippen LogP contribution in [0.25, 0.3) is 10.8 Å². The van der Waals surface area contributed by atoms with Crippen molar-refractivity contribution in [1.82, 2.24) is 5.32 Å². The Bertz CT molecular complexity index is 606. The maximum atomic E-state index is 9.40. The van der Waals surface area contributed by atoms with Gasteiger partial charge < -0.3 is 0 Å². The fourth-order valence-corrected chi connectivity index (χ4v) is 2.92. The lowest BCUT2D eigenvalue weighted by molar-refractivity contribution is 0.492. The Balaban J connectivity index is 1.86. The Morgan fingerprint density at radius 2 is 1.79 bits per heavy atom. The molecule has 1 aliphatic rings. The topological polar surface area (TPSA) is 35.8 Å². The van der Waals surface area contributed by atoms with Gasteiger partial charge in [-0.15, -0.1) is 0 Å². The molecule has 2 nitrogen and oxygen atoms in total. The lowest BCUT2D eigenvalue weighted by Crippen LogP contribution is -2.29. The fourth-order valence-electron chi connectivity index (χ4n) is 2.92. The predicted octanol–water partition coefficient (Wildman–Crippen LogP) is 3.94. The Labute approximate surface area is 114 Å². The molecule has 1 atom stereocenters. The summed E-state index contributed by atoms with van der Waals surface area (Å²) in [5, 5.41) is 15.3. The SMILES string of the molecule is N#CC(NC1CCCC1)c1ccc2ccccc2c1. The molecule has 1 fully saturated rings. The molecule has 1 unspecified atom stereocenters. The molecule has 1 saturated carbocycles. The van der Waals surface area contributed by atoms with E-state index in [-0.39, 0.29) is 6.04 Å². The highest BCUT2D eigenvalue weighted by molar-refractivity contribution is 5.83. The molecule has 0 bridgehead atoms. The molecule has 0 spiro atoms. The summed E-state index contributed by atoms with van der Waals surface area (Å²) in [6.45, 7) is 0. The summed E-state index contributed by atoms with van der Waals surface area (Å²) in [6.07, 6.45) is 4.97. The first-order valence-electron chi connectivity index (χ1n) is 7.01. The van der Waals surface area contributed by atoms with Crippen LogP contribution in [0.5, 0.6) is 0 Å². The standard InChI is InChI=1S/C17H18N2/c18-12-17(19-16-7-3-4-8-16)15-10-9-13-5-1-2-6-14(13)11-15/h1-2,5-6,9-11,16-17,19H,3-4,7-8H2. The largest absolute Gasteiger partial charge is 0.295 e. The van der Waals surface area contributed by atoms with Gasteiger partial charge in [0.25, 0.3) is 0 Å². The van der Waals surface area contributed by atoms with Gasteiger partial charge in [-0.1, -0.05) is 49.2 Å². The van der Waals surface area contributed by atoms with Crippen molar-refractivity contribution in [1.29, 1.82) is 5.26 Å². The molecule has 1 aliphatic carbocycles. The zero-order valence-corrected chi connectivity index (χ0v) is 11.0. The van der Waals surface area contributed by atoms with Crippen LogP contribution in [0.1, 0.15) is 37.3 Å². The molecule has 0 aliphatic heterocycles. The van der Waals surface area contributed by atoms with Gasteiger partial charge in [0.2, 0.25) is 0 Å². The van der Waals surface area contributed by atoms with E-state index in [9.17, 15) is 5.26 Å². The van der Waals surface area contributed by atoms with E-state index in [0.29, 0.717) is 6.04 Å². The highest BCUT2D eigenvalue weighted by Crippen LogP contribution is 2.24. The minimum absolute atomic E-state index is 0.187. The van der Waals surface area contributed by atoms with Crippen molar-refractivity contribution in [3.8, 4) is 6.07 Å². The van der Waals surface area contributed by atoms with Crippen LogP contribution in [0, 0.1) is 11.3 Å². The zero-order valence-electron chi connectivity index (χ0n) is 11.0. The van der Waals surface area contributed by atoms with Crippen molar-refractivity contribution in [3.63, 3.8) is 0 Å². The van der Waals surface area contributed by atoms with Crippen molar-refractivity contribution in [2.45, 2.75) is 37.8 Å². The fraction of sp³-hybridized carbons (Fsp3) is 0.353. The second-order valence-corrected chi connectivity index (χ2v) is 5.32. The van der Waals surface area contributed by atoms with Crippen LogP contribution in [0.3, 0.4) is 0 Å². The second kappa shape index (κ2) is 5.42. The predicted molar refractivity (Wildman–Crippen MR) is 77.7 cm³/mol. The first-order chi connectivity index (χ1) is 9.36. The van der Waals surface area contributed by atoms with Crippen LogP contribution < -0.4 is 5.32 Å². The van der Waals surface area contributed by atoms with Crippen LogP contribution in [0.2, 0.25) is 0 Å². The minimum atomic E-state index is -0.187. The highest BCUT2D eigenvalue weighted by Gasteiger charge is 2.20. The molecule has 0 heterocycles. The third kappa shape index (κ3) is 2.62. The van der Waals surface area contributed by atoms with Gasteiger partial charge >= 0.3 is 0 Å². The van der Waals surface area contributed by atoms with Gasteiger partial charge in [-0.05, 0) is 35.2 Å². The first kappa shape index (κ1) is 12.2. The summed E-state index contributed by atoms with van der Waals surface area (Å²) in [5.41, 5.74) is 1.08. The Hall–Kier alpha value is -1.85. The Morgan fingerprint density at radius 1 is 1.05 bits per heavy atom. The van der Waals surface area contributed by atoms with Crippen LogP contribution in [-0.2, 0) is 0 Å². The average molecular weight is 250 g/mol. The van der Waals surface area contributed by atoms with Crippen LogP contribution in [0.15, 0.2) is 42.5 Å². The summed E-state index contributed by atoms with van der Waals surface area (Å²) in [5.74, 6) is 0. The Kier molecular flexibility index (Phi) is 3.48. The number of nitrogens with zero attached hydrogens (tertiary/aromatic N) is 1. The molecule has 19 heavy (non-hydrogen) atoms. The zero-order chi connectivity index (χ0) is 13.1. The number of rotatable bonds is 3. The van der Waals surface area contributed by atoms with Crippen molar-refractivity contribution in [3.05, 3.63) is 48.0 Å². The van der Waals surface area contributed by atoms with E-state index in [2.05, 4.69) is 41.7 Å². The lowest BCUT2D eigenvalue weighted by Gasteiger charge is -2.17. The van der Waals surface area contributed by atoms with E-state index in [1.807, 2.05) is 12.1 Å². The van der Waals surface area contributed by atoms with E-state index in [1.54, 1.807) is 0 Å². The molecule has 2 aromatic rings. The van der Waals surface area contributed by atoms with Gasteiger partial charge in [-0.3, -0.25) is 5.32 Å². The third-order valence-corrected chi connectivity index (χ3v) is 3.99. The normalized spacial score (nSPS) is 17.4. The molecule has 3 rings (SSSR count). The quantitative estimate of drug-likeness (QED) is 0.895. The molecule has 0 radical (unpaired) electrons. The van der Waals surface area contributed by atoms with Crippen molar-refractivity contribution in [2.75, 3.05) is 0 Å². The van der Waals surface area contributed by atoms with Crippen LogP contribution in [0.4, 0.5) is 0 Å². The summed E-state index contributed by atoms with van der Waals surface area (Å²) in [7, 11) is 0. The number of nitrogens with one attached hydrogen (secondary N) is 1. The number of hydrogen-bond donors (Lipinski definition) is 1. The van der Waals surface area contributed by atoms with Gasteiger partial charge in [0.15, 0.2) is 0 Å². The summed E-state index contributed by atoms with van der Waals surface area (Å²) >= 11 is 0. The van der Waals surface area contributed by atoms with Crippen molar-refractivity contribution < 1.29 is 0 Å². The van der Waals surface area contributed by atoms with Crippen LogP contribution >= 0.6 is 0 Å². The molecule has 0 amide bonds. The van der Waals surface area contributed by atoms with Gasteiger partial charge in [0.05, 0.1) is 6.07 Å². The van der Waals surface area contributed by atoms with E-state index in [1.165, 1.54) is 36.5 Å². The monoisotopic (exact) mass is 250 g/mol. The minimum Gasteiger partial charge on any atom is -0.295 e. The number of fused-ring (bicyclic) bond motifs is 1. The number of hydrogen-bond acceptors (Lipinski definition) is 2. The van der Waals surface area contributed by atoms with Gasteiger partial charge in [-0.25, -0.2) is 0 Å². The summed E-state index contributed by atoms with van der Waals surface area (Å²) in [6, 6.07) is 17.3.